The Bertz CT molecular complexity index is 406. The zero-order valence-corrected chi connectivity index (χ0v) is 11.2. The Hall–Kier alpha value is -1.23. The van der Waals surface area contributed by atoms with E-state index in [9.17, 15) is 18.3 Å². The first-order valence-corrected chi connectivity index (χ1v) is 6.27. The number of benzene rings is 1. The Morgan fingerprint density at radius 2 is 1.79 bits per heavy atom. The van der Waals surface area contributed by atoms with Crippen molar-refractivity contribution >= 4 is 5.69 Å². The third-order valence-corrected chi connectivity index (χ3v) is 3.12. The number of aliphatic hydroxyl groups excluding tert-OH is 1. The number of para-hydroxylation sites is 1. The number of aliphatic hydroxyl groups is 1. The summed E-state index contributed by atoms with van der Waals surface area (Å²) in [4.78, 5) is 0. The van der Waals surface area contributed by atoms with E-state index in [-0.39, 0.29) is 19.4 Å². The highest BCUT2D eigenvalue weighted by molar-refractivity contribution is 5.52. The van der Waals surface area contributed by atoms with Crippen LogP contribution in [-0.4, -0.2) is 23.4 Å². The predicted molar refractivity (Wildman–Crippen MR) is 70.2 cm³/mol. The van der Waals surface area contributed by atoms with Gasteiger partial charge in [0.2, 0.25) is 0 Å². The molecule has 108 valence electrons. The number of alkyl halides is 3. The molecule has 0 aromatic heterocycles. The minimum Gasteiger partial charge on any atom is -0.394 e. The molecular formula is C14H20F3NO. The van der Waals surface area contributed by atoms with Crippen molar-refractivity contribution in [2.75, 3.05) is 11.9 Å². The number of hydrogen-bond acceptors (Lipinski definition) is 2. The van der Waals surface area contributed by atoms with Gasteiger partial charge >= 0.3 is 6.18 Å². The van der Waals surface area contributed by atoms with E-state index >= 15 is 0 Å². The van der Waals surface area contributed by atoms with E-state index in [2.05, 4.69) is 5.32 Å². The molecule has 19 heavy (non-hydrogen) atoms. The molecule has 0 amide bonds. The van der Waals surface area contributed by atoms with E-state index in [1.807, 2.05) is 31.2 Å². The molecule has 1 aromatic rings. The summed E-state index contributed by atoms with van der Waals surface area (Å²) < 4.78 is 36.4. The van der Waals surface area contributed by atoms with E-state index in [1.54, 1.807) is 6.92 Å². The summed E-state index contributed by atoms with van der Waals surface area (Å²) in [7, 11) is 0. The smallest absolute Gasteiger partial charge is 0.389 e. The van der Waals surface area contributed by atoms with Gasteiger partial charge in [-0.15, -0.1) is 0 Å². The molecule has 1 unspecified atom stereocenters. The molecule has 0 saturated heterocycles. The first kappa shape index (κ1) is 15.8. The van der Waals surface area contributed by atoms with Crippen molar-refractivity contribution in [3.8, 4) is 0 Å². The van der Waals surface area contributed by atoms with Crippen molar-refractivity contribution in [2.24, 2.45) is 0 Å². The minimum atomic E-state index is -4.14. The maximum Gasteiger partial charge on any atom is 0.389 e. The molecule has 0 spiro atoms. The standard InChI is InChI=1S/C14H20F3NO/c1-11-6-3-4-7-12(11)18-13(2,10-19)8-5-9-14(15,16)17/h3-4,6-7,18-19H,5,8-10H2,1-2H3. The Balaban J connectivity index is 2.63. The average molecular weight is 275 g/mol. The second-order valence-corrected chi connectivity index (χ2v) is 5.13. The maximum atomic E-state index is 12.1. The van der Waals surface area contributed by atoms with Gasteiger partial charge in [0.1, 0.15) is 0 Å². The molecule has 0 fully saturated rings. The van der Waals surface area contributed by atoms with Crippen molar-refractivity contribution in [1.82, 2.24) is 0 Å². The lowest BCUT2D eigenvalue weighted by atomic mass is 9.94. The summed E-state index contributed by atoms with van der Waals surface area (Å²) in [5.41, 5.74) is 1.10. The van der Waals surface area contributed by atoms with Crippen LogP contribution in [0.2, 0.25) is 0 Å². The molecule has 0 aliphatic rings. The second-order valence-electron chi connectivity index (χ2n) is 5.13. The van der Waals surface area contributed by atoms with Crippen LogP contribution in [0.1, 0.15) is 31.7 Å². The summed E-state index contributed by atoms with van der Waals surface area (Å²) in [5.74, 6) is 0. The van der Waals surface area contributed by atoms with Gasteiger partial charge in [-0.1, -0.05) is 18.2 Å². The molecular weight excluding hydrogens is 255 g/mol. The molecule has 0 saturated carbocycles. The number of hydrogen-bond donors (Lipinski definition) is 2. The van der Waals surface area contributed by atoms with E-state index < -0.39 is 18.1 Å². The van der Waals surface area contributed by atoms with E-state index in [0.29, 0.717) is 0 Å². The molecule has 2 N–H and O–H groups in total. The summed E-state index contributed by atoms with van der Waals surface area (Å²) in [6.07, 6.45) is -4.70. The topological polar surface area (TPSA) is 32.3 Å². The van der Waals surface area contributed by atoms with Gasteiger partial charge in [0.25, 0.3) is 0 Å². The number of rotatable bonds is 6. The predicted octanol–water partition coefficient (Wildman–Crippen LogP) is 3.89. The number of aryl methyl sites for hydroxylation is 1. The highest BCUT2D eigenvalue weighted by Gasteiger charge is 2.29. The van der Waals surface area contributed by atoms with Crippen molar-refractivity contribution in [2.45, 2.75) is 44.8 Å². The third kappa shape index (κ3) is 5.51. The molecule has 2 nitrogen and oxygen atoms in total. The zero-order chi connectivity index (χ0) is 14.5. The van der Waals surface area contributed by atoms with Gasteiger partial charge in [-0.3, -0.25) is 0 Å². The van der Waals surface area contributed by atoms with Crippen LogP contribution in [0, 0.1) is 6.92 Å². The molecule has 0 heterocycles. The summed E-state index contributed by atoms with van der Waals surface area (Å²) >= 11 is 0. The molecule has 1 atom stereocenters. The largest absolute Gasteiger partial charge is 0.394 e. The van der Waals surface area contributed by atoms with E-state index in [4.69, 9.17) is 0 Å². The van der Waals surface area contributed by atoms with Gasteiger partial charge in [0, 0.05) is 12.1 Å². The third-order valence-electron chi connectivity index (χ3n) is 3.12. The van der Waals surface area contributed by atoms with Crippen LogP contribution in [-0.2, 0) is 0 Å². The molecule has 0 aliphatic heterocycles. The quantitative estimate of drug-likeness (QED) is 0.825. The van der Waals surface area contributed by atoms with Crippen molar-refractivity contribution in [3.05, 3.63) is 29.8 Å². The van der Waals surface area contributed by atoms with Crippen LogP contribution >= 0.6 is 0 Å². The first-order chi connectivity index (χ1) is 8.76. The van der Waals surface area contributed by atoms with Crippen molar-refractivity contribution < 1.29 is 18.3 Å². The highest BCUT2D eigenvalue weighted by Crippen LogP contribution is 2.27. The minimum absolute atomic E-state index is 0.000554. The molecule has 1 rings (SSSR count). The summed E-state index contributed by atoms with van der Waals surface area (Å²) in [6.45, 7) is 3.44. The lowest BCUT2D eigenvalue weighted by Crippen LogP contribution is -2.39. The van der Waals surface area contributed by atoms with Crippen molar-refractivity contribution in [1.29, 1.82) is 0 Å². The fourth-order valence-electron chi connectivity index (χ4n) is 1.90. The SMILES string of the molecule is Cc1ccccc1NC(C)(CO)CCCC(F)(F)F. The Morgan fingerprint density at radius 3 is 2.32 bits per heavy atom. The monoisotopic (exact) mass is 275 g/mol. The van der Waals surface area contributed by atoms with Gasteiger partial charge in [-0.25, -0.2) is 0 Å². The lowest BCUT2D eigenvalue weighted by Gasteiger charge is -2.31. The van der Waals surface area contributed by atoms with Gasteiger partial charge in [0.15, 0.2) is 0 Å². The number of halogens is 3. The van der Waals surface area contributed by atoms with E-state index in [1.165, 1.54) is 0 Å². The van der Waals surface area contributed by atoms with Crippen molar-refractivity contribution in [3.63, 3.8) is 0 Å². The number of anilines is 1. The summed E-state index contributed by atoms with van der Waals surface area (Å²) in [6, 6.07) is 7.51. The Kier molecular flexibility index (Phi) is 5.23. The molecule has 5 heteroatoms. The molecule has 0 radical (unpaired) electrons. The molecule has 0 bridgehead atoms. The lowest BCUT2D eigenvalue weighted by molar-refractivity contribution is -0.136. The highest BCUT2D eigenvalue weighted by atomic mass is 19.4. The van der Waals surface area contributed by atoms with Crippen LogP contribution in [0.5, 0.6) is 0 Å². The van der Waals surface area contributed by atoms with Gasteiger partial charge < -0.3 is 10.4 Å². The fraction of sp³-hybridized carbons (Fsp3) is 0.571. The van der Waals surface area contributed by atoms with Crippen LogP contribution in [0.4, 0.5) is 18.9 Å². The molecule has 0 aliphatic carbocycles. The van der Waals surface area contributed by atoms with Gasteiger partial charge in [0.05, 0.1) is 12.1 Å². The fourth-order valence-corrected chi connectivity index (χ4v) is 1.90. The zero-order valence-electron chi connectivity index (χ0n) is 11.2. The normalized spacial score (nSPS) is 15.1. The Labute approximate surface area is 111 Å². The summed E-state index contributed by atoms with van der Waals surface area (Å²) in [5, 5.41) is 12.6. The maximum absolute atomic E-state index is 12.1. The average Bonchev–Trinajstić information content (AvgIpc) is 2.30. The van der Waals surface area contributed by atoms with Crippen LogP contribution < -0.4 is 5.32 Å². The number of nitrogens with one attached hydrogen (secondary N) is 1. The van der Waals surface area contributed by atoms with Crippen LogP contribution in [0.3, 0.4) is 0 Å². The Morgan fingerprint density at radius 1 is 1.16 bits per heavy atom. The first-order valence-electron chi connectivity index (χ1n) is 6.27. The van der Waals surface area contributed by atoms with E-state index in [0.717, 1.165) is 11.3 Å². The van der Waals surface area contributed by atoms with Crippen LogP contribution in [0.15, 0.2) is 24.3 Å². The van der Waals surface area contributed by atoms with Crippen LogP contribution in [0.25, 0.3) is 0 Å². The van der Waals surface area contributed by atoms with Gasteiger partial charge in [-0.2, -0.15) is 13.2 Å². The second kappa shape index (κ2) is 6.28. The molecule has 1 aromatic carbocycles. The van der Waals surface area contributed by atoms with Gasteiger partial charge in [-0.05, 0) is 38.3 Å².